The van der Waals surface area contributed by atoms with Gasteiger partial charge in [0.1, 0.15) is 5.75 Å². The van der Waals surface area contributed by atoms with E-state index in [9.17, 15) is 4.79 Å². The molecule has 2 aromatic carbocycles. The van der Waals surface area contributed by atoms with Gasteiger partial charge < -0.3 is 4.74 Å². The average molecular weight is 384 g/mol. The monoisotopic (exact) mass is 382 g/mol. The van der Waals surface area contributed by atoms with Gasteiger partial charge in [-0.15, -0.1) is 0 Å². The van der Waals surface area contributed by atoms with Gasteiger partial charge >= 0.3 is 5.97 Å². The molecule has 0 atom stereocenters. The highest BCUT2D eigenvalue weighted by Crippen LogP contribution is 2.25. The van der Waals surface area contributed by atoms with Gasteiger partial charge in [-0.05, 0) is 65.2 Å². The standard InChI is InChI=1S/C15H12Br2O2/c1-9-4-3-5-14(10(9)2)19-15(18)12-8-11(16)6-7-13(12)17/h3-8H,1-2H3. The van der Waals surface area contributed by atoms with Crippen molar-refractivity contribution in [3.8, 4) is 5.75 Å². The molecule has 0 radical (unpaired) electrons. The molecule has 19 heavy (non-hydrogen) atoms. The van der Waals surface area contributed by atoms with Crippen LogP contribution in [0, 0.1) is 13.8 Å². The first-order valence-corrected chi connectivity index (χ1v) is 7.31. The number of rotatable bonds is 2. The number of halogens is 2. The highest BCUT2D eigenvalue weighted by atomic mass is 79.9. The summed E-state index contributed by atoms with van der Waals surface area (Å²) in [6.45, 7) is 3.93. The Balaban J connectivity index is 2.31. The van der Waals surface area contributed by atoms with E-state index in [1.54, 1.807) is 12.1 Å². The predicted octanol–water partition coefficient (Wildman–Crippen LogP) is 5.05. The molecule has 4 heteroatoms. The molecule has 2 aromatic rings. The Bertz CT molecular complexity index is 636. The fourth-order valence-electron chi connectivity index (χ4n) is 1.64. The Morgan fingerprint density at radius 3 is 2.58 bits per heavy atom. The summed E-state index contributed by atoms with van der Waals surface area (Å²) in [5.41, 5.74) is 2.57. The summed E-state index contributed by atoms with van der Waals surface area (Å²) >= 11 is 6.70. The normalized spacial score (nSPS) is 10.3. The van der Waals surface area contributed by atoms with Crippen LogP contribution in [0.3, 0.4) is 0 Å². The minimum Gasteiger partial charge on any atom is -0.423 e. The van der Waals surface area contributed by atoms with E-state index < -0.39 is 0 Å². The Hall–Kier alpha value is -1.13. The lowest BCUT2D eigenvalue weighted by Crippen LogP contribution is -2.10. The van der Waals surface area contributed by atoms with Gasteiger partial charge in [0, 0.05) is 8.95 Å². The van der Waals surface area contributed by atoms with Crippen molar-refractivity contribution < 1.29 is 9.53 Å². The Labute approximate surface area is 129 Å². The number of esters is 1. The summed E-state index contributed by atoms with van der Waals surface area (Å²) in [7, 11) is 0. The van der Waals surface area contributed by atoms with Gasteiger partial charge in [0.15, 0.2) is 0 Å². The summed E-state index contributed by atoms with van der Waals surface area (Å²) in [6.07, 6.45) is 0. The average Bonchev–Trinajstić information content (AvgIpc) is 2.38. The lowest BCUT2D eigenvalue weighted by atomic mass is 10.1. The molecule has 0 N–H and O–H groups in total. The molecule has 0 fully saturated rings. The fraction of sp³-hybridized carbons (Fsp3) is 0.133. The minimum atomic E-state index is -0.373. The molecular weight excluding hydrogens is 372 g/mol. The Morgan fingerprint density at radius 1 is 1.11 bits per heavy atom. The van der Waals surface area contributed by atoms with Crippen molar-refractivity contribution in [3.63, 3.8) is 0 Å². The van der Waals surface area contributed by atoms with E-state index in [-0.39, 0.29) is 5.97 Å². The van der Waals surface area contributed by atoms with Gasteiger partial charge in [-0.25, -0.2) is 4.79 Å². The van der Waals surface area contributed by atoms with E-state index in [4.69, 9.17) is 4.74 Å². The van der Waals surface area contributed by atoms with Crippen LogP contribution in [0.2, 0.25) is 0 Å². The lowest BCUT2D eigenvalue weighted by molar-refractivity contribution is 0.0732. The molecule has 2 rings (SSSR count). The number of ether oxygens (including phenoxy) is 1. The first-order valence-electron chi connectivity index (χ1n) is 5.72. The Kier molecular flexibility index (Phi) is 4.42. The summed E-state index contributed by atoms with van der Waals surface area (Å²) in [4.78, 5) is 12.2. The van der Waals surface area contributed by atoms with Gasteiger partial charge in [-0.2, -0.15) is 0 Å². The van der Waals surface area contributed by atoms with Gasteiger partial charge in [-0.1, -0.05) is 28.1 Å². The molecule has 2 nitrogen and oxygen atoms in total. The van der Waals surface area contributed by atoms with E-state index >= 15 is 0 Å². The second kappa shape index (κ2) is 5.88. The molecule has 0 spiro atoms. The van der Waals surface area contributed by atoms with Crippen molar-refractivity contribution >= 4 is 37.8 Å². The first-order chi connectivity index (χ1) is 8.99. The maximum Gasteiger partial charge on any atom is 0.344 e. The second-order valence-electron chi connectivity index (χ2n) is 4.21. The lowest BCUT2D eigenvalue weighted by Gasteiger charge is -2.10. The van der Waals surface area contributed by atoms with Crippen LogP contribution < -0.4 is 4.74 Å². The number of hydrogen-bond acceptors (Lipinski definition) is 2. The summed E-state index contributed by atoms with van der Waals surface area (Å²) < 4.78 is 7.01. The summed E-state index contributed by atoms with van der Waals surface area (Å²) in [5, 5.41) is 0. The molecule has 0 bridgehead atoms. The van der Waals surface area contributed by atoms with Crippen molar-refractivity contribution in [2.24, 2.45) is 0 Å². The molecule has 0 amide bonds. The predicted molar refractivity (Wildman–Crippen MR) is 82.7 cm³/mol. The largest absolute Gasteiger partial charge is 0.423 e. The summed E-state index contributed by atoms with van der Waals surface area (Å²) in [5.74, 6) is 0.221. The van der Waals surface area contributed by atoms with E-state index in [2.05, 4.69) is 31.9 Å². The third-order valence-electron chi connectivity index (χ3n) is 2.91. The maximum atomic E-state index is 12.2. The van der Waals surface area contributed by atoms with Crippen LogP contribution in [0.1, 0.15) is 21.5 Å². The van der Waals surface area contributed by atoms with Crippen LogP contribution in [0.4, 0.5) is 0 Å². The third-order valence-corrected chi connectivity index (χ3v) is 4.09. The number of carbonyl (C=O) groups excluding carboxylic acids is 1. The number of benzene rings is 2. The van der Waals surface area contributed by atoms with Crippen molar-refractivity contribution in [3.05, 3.63) is 62.0 Å². The fourth-order valence-corrected chi connectivity index (χ4v) is 2.41. The molecule has 0 aromatic heterocycles. The summed E-state index contributed by atoms with van der Waals surface area (Å²) in [6, 6.07) is 11.1. The van der Waals surface area contributed by atoms with Crippen molar-refractivity contribution in [2.45, 2.75) is 13.8 Å². The molecule has 0 aliphatic rings. The zero-order chi connectivity index (χ0) is 14.0. The van der Waals surface area contributed by atoms with Crippen molar-refractivity contribution in [1.29, 1.82) is 0 Å². The van der Waals surface area contributed by atoms with Crippen molar-refractivity contribution in [2.75, 3.05) is 0 Å². The number of hydrogen-bond donors (Lipinski definition) is 0. The molecule has 0 aliphatic heterocycles. The number of aryl methyl sites for hydroxylation is 1. The van der Waals surface area contributed by atoms with Crippen LogP contribution >= 0.6 is 31.9 Å². The zero-order valence-corrected chi connectivity index (χ0v) is 13.7. The van der Waals surface area contributed by atoms with Crippen LogP contribution in [0.25, 0.3) is 0 Å². The van der Waals surface area contributed by atoms with E-state index in [0.29, 0.717) is 15.8 Å². The highest BCUT2D eigenvalue weighted by Gasteiger charge is 2.14. The van der Waals surface area contributed by atoms with Crippen LogP contribution in [-0.4, -0.2) is 5.97 Å². The highest BCUT2D eigenvalue weighted by molar-refractivity contribution is 9.11. The van der Waals surface area contributed by atoms with E-state index in [0.717, 1.165) is 15.6 Å². The van der Waals surface area contributed by atoms with Crippen LogP contribution in [0.5, 0.6) is 5.75 Å². The number of carbonyl (C=O) groups is 1. The molecule has 98 valence electrons. The zero-order valence-electron chi connectivity index (χ0n) is 10.5. The van der Waals surface area contributed by atoms with Gasteiger partial charge in [-0.3, -0.25) is 0 Å². The van der Waals surface area contributed by atoms with E-state index in [1.807, 2.05) is 38.1 Å². The van der Waals surface area contributed by atoms with Crippen LogP contribution in [-0.2, 0) is 0 Å². The molecular formula is C15H12Br2O2. The molecule has 0 heterocycles. The molecule has 0 saturated heterocycles. The second-order valence-corrected chi connectivity index (χ2v) is 5.98. The van der Waals surface area contributed by atoms with Crippen molar-refractivity contribution in [1.82, 2.24) is 0 Å². The smallest absolute Gasteiger partial charge is 0.344 e. The SMILES string of the molecule is Cc1cccc(OC(=O)c2cc(Br)ccc2Br)c1C. The quantitative estimate of drug-likeness (QED) is 0.535. The Morgan fingerprint density at radius 2 is 1.84 bits per heavy atom. The van der Waals surface area contributed by atoms with Gasteiger partial charge in [0.25, 0.3) is 0 Å². The van der Waals surface area contributed by atoms with Gasteiger partial charge in [0.2, 0.25) is 0 Å². The van der Waals surface area contributed by atoms with Gasteiger partial charge in [0.05, 0.1) is 5.56 Å². The van der Waals surface area contributed by atoms with Crippen LogP contribution in [0.15, 0.2) is 45.3 Å². The molecule has 0 saturated carbocycles. The minimum absolute atomic E-state index is 0.373. The third kappa shape index (κ3) is 3.25. The maximum absolute atomic E-state index is 12.2. The van der Waals surface area contributed by atoms with E-state index in [1.165, 1.54) is 0 Å². The molecule has 0 unspecified atom stereocenters. The first kappa shape index (κ1) is 14.3. The molecule has 0 aliphatic carbocycles. The topological polar surface area (TPSA) is 26.3 Å².